The number of sulfonamides is 1. The van der Waals surface area contributed by atoms with E-state index < -0.39 is 15.9 Å². The number of hydrogen-bond acceptors (Lipinski definition) is 7. The summed E-state index contributed by atoms with van der Waals surface area (Å²) in [6.45, 7) is 12.2. The van der Waals surface area contributed by atoms with Crippen molar-refractivity contribution in [3.8, 4) is 11.6 Å². The molecule has 3 aromatic rings. The minimum atomic E-state index is -4.24. The van der Waals surface area contributed by atoms with Crippen LogP contribution in [-0.2, 0) is 14.8 Å². The first-order chi connectivity index (χ1) is 18.9. The van der Waals surface area contributed by atoms with Crippen LogP contribution in [0.25, 0.3) is 5.57 Å². The Labute approximate surface area is 235 Å². The lowest BCUT2D eigenvalue weighted by Gasteiger charge is -2.28. The average Bonchev–Trinajstić information content (AvgIpc) is 2.90. The summed E-state index contributed by atoms with van der Waals surface area (Å²) in [6.07, 6.45) is 2.54. The molecule has 1 aromatic carbocycles. The Bertz CT molecular complexity index is 1590. The number of aromatic nitrogens is 2. The summed E-state index contributed by atoms with van der Waals surface area (Å²) >= 11 is 0. The molecule has 0 unspecified atom stereocenters. The molecule has 1 aliphatic rings. The van der Waals surface area contributed by atoms with Crippen molar-refractivity contribution in [1.29, 1.82) is 0 Å². The summed E-state index contributed by atoms with van der Waals surface area (Å²) in [7, 11) is -4.24. The van der Waals surface area contributed by atoms with Crippen LogP contribution in [-0.4, -0.2) is 48.2 Å². The predicted octanol–water partition coefficient (Wildman–Crippen LogP) is 4.89. The Morgan fingerprint density at radius 1 is 1.00 bits per heavy atom. The lowest BCUT2D eigenvalue weighted by molar-refractivity contribution is -0.134. The number of aryl methyl sites for hydroxylation is 4. The molecule has 0 radical (unpaired) electrons. The third-order valence-electron chi connectivity index (χ3n) is 6.62. The number of carbonyl (C=O) groups excluding carboxylic acids is 2. The fourth-order valence-electron chi connectivity index (χ4n) is 4.66. The highest BCUT2D eigenvalue weighted by molar-refractivity contribution is 7.90. The summed E-state index contributed by atoms with van der Waals surface area (Å²) in [5.41, 5.74) is 4.75. The van der Waals surface area contributed by atoms with Crippen molar-refractivity contribution in [2.75, 3.05) is 13.1 Å². The van der Waals surface area contributed by atoms with E-state index in [4.69, 9.17) is 4.74 Å². The average molecular weight is 563 g/mol. The number of pyridine rings is 2. The molecule has 1 aliphatic heterocycles. The molecule has 10 heteroatoms. The zero-order valence-corrected chi connectivity index (χ0v) is 24.4. The Kier molecular flexibility index (Phi) is 8.39. The number of rotatable bonds is 7. The summed E-state index contributed by atoms with van der Waals surface area (Å²) in [6, 6.07) is 11.6. The van der Waals surface area contributed by atoms with E-state index in [0.717, 1.165) is 22.3 Å². The van der Waals surface area contributed by atoms with Crippen LogP contribution in [0, 0.1) is 33.6 Å². The van der Waals surface area contributed by atoms with Crippen LogP contribution in [0.1, 0.15) is 58.7 Å². The maximum Gasteiger partial charge on any atom is 0.281 e. The zero-order valence-electron chi connectivity index (χ0n) is 23.6. The third kappa shape index (κ3) is 6.39. The van der Waals surface area contributed by atoms with E-state index >= 15 is 0 Å². The monoisotopic (exact) mass is 562 g/mol. The van der Waals surface area contributed by atoms with Gasteiger partial charge in [-0.25, -0.2) is 14.7 Å². The second-order valence-corrected chi connectivity index (χ2v) is 12.0. The quantitative estimate of drug-likeness (QED) is 0.435. The molecule has 0 atom stereocenters. The van der Waals surface area contributed by atoms with Crippen molar-refractivity contribution in [1.82, 2.24) is 19.6 Å². The fraction of sp³-hybridized carbons (Fsp3) is 0.333. The molecule has 9 nitrogen and oxygen atoms in total. The van der Waals surface area contributed by atoms with Gasteiger partial charge in [0.1, 0.15) is 11.3 Å². The fourth-order valence-corrected chi connectivity index (χ4v) is 5.64. The van der Waals surface area contributed by atoms with Crippen LogP contribution in [0.4, 0.5) is 0 Å². The maximum atomic E-state index is 13.3. The Morgan fingerprint density at radius 3 is 2.30 bits per heavy atom. The molecule has 1 N–H and O–H groups in total. The highest BCUT2D eigenvalue weighted by Gasteiger charge is 2.26. The summed E-state index contributed by atoms with van der Waals surface area (Å²) in [5.74, 6) is -0.351. The van der Waals surface area contributed by atoms with Gasteiger partial charge in [-0.1, -0.05) is 43.7 Å². The van der Waals surface area contributed by atoms with Gasteiger partial charge in [-0.2, -0.15) is 8.42 Å². The van der Waals surface area contributed by atoms with Crippen LogP contribution < -0.4 is 9.46 Å². The number of nitrogens with zero attached hydrogens (tertiary/aromatic N) is 3. The maximum absolute atomic E-state index is 13.3. The standard InChI is InChI=1S/C30H34N4O5S/c1-18(2)30(36)34-14-12-23(13-15-34)25-11-10-24(28(35)33-40(37,38)26-9-7-8-22(6)31-26)29(32-25)39-27-20(4)16-19(3)17-21(27)5/h7-12,16-18H,13-15H2,1-6H3,(H,33,35). The molecule has 0 spiro atoms. The molecule has 210 valence electrons. The molecule has 3 heterocycles. The number of benzene rings is 1. The largest absolute Gasteiger partial charge is 0.438 e. The van der Waals surface area contributed by atoms with Crippen LogP contribution in [0.5, 0.6) is 11.6 Å². The van der Waals surface area contributed by atoms with E-state index in [1.54, 1.807) is 30.0 Å². The molecule has 0 bridgehead atoms. The molecule has 2 aromatic heterocycles. The van der Waals surface area contributed by atoms with Gasteiger partial charge in [0, 0.05) is 24.7 Å². The Morgan fingerprint density at radius 2 is 1.70 bits per heavy atom. The van der Waals surface area contributed by atoms with E-state index in [9.17, 15) is 18.0 Å². The van der Waals surface area contributed by atoms with Gasteiger partial charge in [0.15, 0.2) is 5.03 Å². The van der Waals surface area contributed by atoms with E-state index in [1.807, 2.05) is 52.8 Å². The minimum Gasteiger partial charge on any atom is -0.438 e. The highest BCUT2D eigenvalue weighted by atomic mass is 32.2. The highest BCUT2D eigenvalue weighted by Crippen LogP contribution is 2.33. The SMILES string of the molecule is Cc1cc(C)c(Oc2nc(C3=CCN(C(=O)C(C)C)CC3)ccc2C(=O)NS(=O)(=O)c2cccc(C)n2)c(C)c1. The second kappa shape index (κ2) is 11.6. The molecule has 2 amide bonds. The van der Waals surface area contributed by atoms with Gasteiger partial charge in [0.05, 0.1) is 5.69 Å². The van der Waals surface area contributed by atoms with E-state index in [-0.39, 0.29) is 28.3 Å². The topological polar surface area (TPSA) is 119 Å². The Balaban J connectivity index is 1.71. The first-order valence-corrected chi connectivity index (χ1v) is 14.6. The third-order valence-corrected chi connectivity index (χ3v) is 7.85. The molecule has 0 aliphatic carbocycles. The first-order valence-electron chi connectivity index (χ1n) is 13.1. The lowest BCUT2D eigenvalue weighted by atomic mass is 10.0. The van der Waals surface area contributed by atoms with Gasteiger partial charge in [0.25, 0.3) is 15.9 Å². The van der Waals surface area contributed by atoms with Crippen LogP contribution >= 0.6 is 0 Å². The van der Waals surface area contributed by atoms with Gasteiger partial charge in [0.2, 0.25) is 11.8 Å². The number of ether oxygens (including phenoxy) is 1. The smallest absolute Gasteiger partial charge is 0.281 e. The van der Waals surface area contributed by atoms with Gasteiger partial charge >= 0.3 is 0 Å². The van der Waals surface area contributed by atoms with Crippen molar-refractivity contribution in [2.45, 2.75) is 53.0 Å². The molecule has 40 heavy (non-hydrogen) atoms. The summed E-state index contributed by atoms with van der Waals surface area (Å²) in [4.78, 5) is 36.2. The van der Waals surface area contributed by atoms with Gasteiger partial charge in [-0.15, -0.1) is 0 Å². The molecule has 0 saturated heterocycles. The van der Waals surface area contributed by atoms with E-state index in [2.05, 4.69) is 14.7 Å². The predicted molar refractivity (Wildman–Crippen MR) is 153 cm³/mol. The van der Waals surface area contributed by atoms with Crippen molar-refractivity contribution in [3.05, 3.63) is 82.2 Å². The zero-order chi connectivity index (χ0) is 29.2. The first kappa shape index (κ1) is 28.9. The van der Waals surface area contributed by atoms with Gasteiger partial charge in [-0.05, 0) is 75.1 Å². The summed E-state index contributed by atoms with van der Waals surface area (Å²) < 4.78 is 34.2. The summed E-state index contributed by atoms with van der Waals surface area (Å²) in [5, 5.41) is -0.258. The minimum absolute atomic E-state index is 0.0148. The molecular formula is C30H34N4O5S. The van der Waals surface area contributed by atoms with E-state index in [1.165, 1.54) is 12.1 Å². The number of hydrogen-bond donors (Lipinski definition) is 1. The van der Waals surface area contributed by atoms with Crippen LogP contribution in [0.2, 0.25) is 0 Å². The van der Waals surface area contributed by atoms with Crippen molar-refractivity contribution < 1.29 is 22.7 Å². The van der Waals surface area contributed by atoms with Crippen LogP contribution in [0.3, 0.4) is 0 Å². The van der Waals surface area contributed by atoms with Crippen molar-refractivity contribution in [3.63, 3.8) is 0 Å². The van der Waals surface area contributed by atoms with Gasteiger partial charge < -0.3 is 9.64 Å². The second-order valence-electron chi connectivity index (χ2n) is 10.3. The van der Waals surface area contributed by atoms with E-state index in [0.29, 0.717) is 36.6 Å². The number of carbonyl (C=O) groups is 2. The van der Waals surface area contributed by atoms with Crippen molar-refractivity contribution >= 4 is 27.4 Å². The number of nitrogens with one attached hydrogen (secondary N) is 1. The lowest BCUT2D eigenvalue weighted by Crippen LogP contribution is -2.37. The molecule has 0 fully saturated rings. The van der Waals surface area contributed by atoms with Gasteiger partial charge in [-0.3, -0.25) is 9.59 Å². The molecule has 4 rings (SSSR count). The number of amides is 2. The Hall–Kier alpha value is -4.05. The molecule has 0 saturated carbocycles. The van der Waals surface area contributed by atoms with Crippen molar-refractivity contribution in [2.24, 2.45) is 5.92 Å². The normalized spacial score (nSPS) is 13.7. The van der Waals surface area contributed by atoms with Crippen LogP contribution in [0.15, 0.2) is 53.6 Å². The molecular weight excluding hydrogens is 528 g/mol.